The summed E-state index contributed by atoms with van der Waals surface area (Å²) in [6, 6.07) is 0. The summed E-state index contributed by atoms with van der Waals surface area (Å²) < 4.78 is 56.3. The van der Waals surface area contributed by atoms with Crippen molar-refractivity contribution in [2.45, 2.75) is 0 Å². The molecule has 0 saturated heterocycles. The zero-order chi connectivity index (χ0) is 7.71. The van der Waals surface area contributed by atoms with Crippen molar-refractivity contribution in [2.75, 3.05) is 0 Å². The van der Waals surface area contributed by atoms with Crippen molar-refractivity contribution >= 4 is 29.6 Å². The second-order valence-corrected chi connectivity index (χ2v) is 4.68. The molecule has 0 spiro atoms. The molecule has 0 unspecified atom stereocenters. The van der Waals surface area contributed by atoms with E-state index in [-0.39, 0.29) is 40.5 Å². The van der Waals surface area contributed by atoms with Crippen LogP contribution in [0.3, 0.4) is 0 Å². The van der Waals surface area contributed by atoms with Crippen LogP contribution in [0.5, 0.6) is 0 Å². The quantitative estimate of drug-likeness (QED) is 0.487. The van der Waals surface area contributed by atoms with E-state index in [1.807, 2.05) is 0 Å². The minimum atomic E-state index is -5.76. The fourth-order valence-corrected chi connectivity index (χ4v) is 1.85. The fourth-order valence-electron chi connectivity index (χ4n) is 0.109. The van der Waals surface area contributed by atoms with Gasteiger partial charge in [-0.15, -0.1) is 0 Å². The molecule has 6 N–H and O–H groups in total. The summed E-state index contributed by atoms with van der Waals surface area (Å²) in [5.74, 6) is 0. The van der Waals surface area contributed by atoms with Crippen molar-refractivity contribution in [2.24, 2.45) is 0 Å². The van der Waals surface area contributed by atoms with E-state index in [2.05, 4.69) is 2.84 Å². The molecule has 0 atom stereocenters. The Balaban J connectivity index is -0.000000107. The van der Waals surface area contributed by atoms with Gasteiger partial charge in [0.1, 0.15) is 0 Å². The average molecular weight is 277 g/mol. The van der Waals surface area contributed by atoms with Gasteiger partial charge in [0, 0.05) is 29.6 Å². The van der Waals surface area contributed by atoms with Crippen LogP contribution in [0, 0.1) is 0 Å². The van der Waals surface area contributed by atoms with Crippen LogP contribution in [0.25, 0.3) is 0 Å². The standard InChI is InChI=1S/2Cr.Na.4H2O.5O/h;;;4*1H2;;;;;/q2*+1;;;;;;;;;;/p-2. The Labute approximate surface area is 93.4 Å². The normalized spacial score (nSPS) is 10.2. The predicted octanol–water partition coefficient (Wildman–Crippen LogP) is -3.69. The fraction of sp³-hybridized carbons (Fsp3) is 0. The van der Waals surface area contributed by atoms with Crippen LogP contribution in [-0.2, 0) is 45.3 Å². The molecular weight excluding hydrogens is 271 g/mol. The van der Waals surface area contributed by atoms with E-state index in [0.717, 1.165) is 0 Å². The first-order chi connectivity index (χ1) is 3.71. The molecule has 0 aliphatic carbocycles. The van der Waals surface area contributed by atoms with Crippen molar-refractivity contribution in [3.63, 3.8) is 0 Å². The number of rotatable bonds is 2. The average Bonchev–Trinajstić information content (AvgIpc) is 1.14. The minimum absolute atomic E-state index is 0. The third-order valence-electron chi connectivity index (χ3n) is 0.172. The van der Waals surface area contributed by atoms with E-state index in [4.69, 9.17) is 8.32 Å². The number of hydrogen-bond donors (Lipinski definition) is 2. The Hall–Kier alpha value is 1.06. The van der Waals surface area contributed by atoms with Crippen molar-refractivity contribution in [3.8, 4) is 0 Å². The molecule has 0 fully saturated rings. The van der Waals surface area contributed by atoms with Crippen molar-refractivity contribution in [1.82, 2.24) is 0 Å². The van der Waals surface area contributed by atoms with Gasteiger partial charge in [0.15, 0.2) is 0 Å². The zero-order valence-corrected chi connectivity index (χ0v) is 10.3. The van der Waals surface area contributed by atoms with E-state index in [9.17, 15) is 15.2 Å². The van der Waals surface area contributed by atoms with Gasteiger partial charge in [-0.3, -0.25) is 0 Å². The second-order valence-electron chi connectivity index (χ2n) is 0.924. The van der Waals surface area contributed by atoms with Crippen LogP contribution in [0.1, 0.15) is 0 Å². The molecule has 73 valence electrons. The molecule has 0 aromatic rings. The molecule has 0 saturated carbocycles. The van der Waals surface area contributed by atoms with Gasteiger partial charge in [-0.2, -0.15) is 0 Å². The van der Waals surface area contributed by atoms with Gasteiger partial charge in [-0.1, -0.05) is 0 Å². The molecule has 0 rings (SSSR count). The van der Waals surface area contributed by atoms with Gasteiger partial charge < -0.3 is 11.0 Å². The van der Waals surface area contributed by atoms with Crippen LogP contribution in [0.15, 0.2) is 0 Å². The first-order valence-corrected chi connectivity index (χ1v) is 5.63. The topological polar surface area (TPSA) is 181 Å². The molecule has 1 radical (unpaired) electrons. The van der Waals surface area contributed by atoms with Crippen LogP contribution in [0.4, 0.5) is 0 Å². The number of hydrogen-bond acceptors (Lipinski definition) is 5. The summed E-state index contributed by atoms with van der Waals surface area (Å²) in [6.07, 6.45) is 0. The Morgan fingerprint density at radius 1 is 0.833 bits per heavy atom. The molecular formula is H6Cr2NaO9. The molecule has 0 heterocycles. The molecule has 0 aromatic heterocycles. The van der Waals surface area contributed by atoms with E-state index in [1.165, 1.54) is 0 Å². The summed E-state index contributed by atoms with van der Waals surface area (Å²) in [5, 5.41) is 0. The molecule has 0 aliphatic rings. The first-order valence-electron chi connectivity index (χ1n) is 1.37. The van der Waals surface area contributed by atoms with E-state index in [0.29, 0.717) is 0 Å². The molecule has 0 aromatic carbocycles. The zero-order valence-electron chi connectivity index (χ0n) is 5.75. The molecule has 0 amide bonds. The van der Waals surface area contributed by atoms with E-state index < -0.39 is 27.2 Å². The van der Waals surface area contributed by atoms with Crippen LogP contribution >= 0.6 is 0 Å². The van der Waals surface area contributed by atoms with E-state index in [1.54, 1.807) is 0 Å². The van der Waals surface area contributed by atoms with Gasteiger partial charge in [0.25, 0.3) is 0 Å². The third-order valence-corrected chi connectivity index (χ3v) is 2.92. The Morgan fingerprint density at radius 3 is 1.00 bits per heavy atom. The maximum absolute atomic E-state index is 9.53. The Kier molecular flexibility index (Phi) is 14.4. The van der Waals surface area contributed by atoms with Gasteiger partial charge in [-0.25, -0.2) is 0 Å². The van der Waals surface area contributed by atoms with Crippen molar-refractivity contribution < 1.29 is 64.5 Å². The molecule has 12 heteroatoms. The van der Waals surface area contributed by atoms with Gasteiger partial charge >= 0.3 is 53.6 Å². The van der Waals surface area contributed by atoms with Crippen LogP contribution < -0.4 is 0 Å². The summed E-state index contributed by atoms with van der Waals surface area (Å²) in [6.45, 7) is 0. The Bertz CT molecular complexity index is 238. The first kappa shape index (κ1) is 23.1. The molecule has 0 bridgehead atoms. The molecule has 0 aliphatic heterocycles. The van der Waals surface area contributed by atoms with Gasteiger partial charge in [0.2, 0.25) is 0 Å². The summed E-state index contributed by atoms with van der Waals surface area (Å²) in [5.41, 5.74) is 0. The summed E-state index contributed by atoms with van der Waals surface area (Å²) in [7, 11) is 0. The van der Waals surface area contributed by atoms with Crippen molar-refractivity contribution in [3.05, 3.63) is 0 Å². The molecule has 12 heavy (non-hydrogen) atoms. The van der Waals surface area contributed by atoms with Gasteiger partial charge in [-0.05, 0) is 0 Å². The SMILES string of the molecule is O.O.[Na].[O]=[Cr](=[O])([OH])[O][Cr](=[O])(=[O])[OH]. The van der Waals surface area contributed by atoms with Gasteiger partial charge in [0.05, 0.1) is 0 Å². The van der Waals surface area contributed by atoms with Crippen LogP contribution in [-0.4, -0.2) is 48.8 Å². The second kappa shape index (κ2) is 7.47. The third kappa shape index (κ3) is 22.5. The summed E-state index contributed by atoms with van der Waals surface area (Å²) >= 11 is -11.5. The predicted molar refractivity (Wildman–Crippen MR) is 21.3 cm³/mol. The Morgan fingerprint density at radius 2 is 1.00 bits per heavy atom. The van der Waals surface area contributed by atoms with Crippen LogP contribution in [0.2, 0.25) is 0 Å². The van der Waals surface area contributed by atoms with E-state index >= 15 is 0 Å². The summed E-state index contributed by atoms with van der Waals surface area (Å²) in [4.78, 5) is 0. The monoisotopic (exact) mass is 277 g/mol. The molecule has 9 nitrogen and oxygen atoms in total. The van der Waals surface area contributed by atoms with Crippen molar-refractivity contribution in [1.29, 1.82) is 0 Å². The maximum atomic E-state index is 9.53.